The molecule has 12 heteroatoms. The lowest BCUT2D eigenvalue weighted by Crippen LogP contribution is -2.39. The number of carbonyl (C=O) groups is 3. The number of Topliss-reactive ketones (excluding diaryl/α,β-unsaturated/α-hetero) is 1. The molecule has 1 atom stereocenters. The standard InChI is InChI=1S/C31H31N3O8S/c1-40-27-16-20(28(35)29(30(36)41-2)43(38,39)25-10-4-3-5-11-25)12-13-22(27)19-34-26-17-23(15-14-21(26)18-32-34)33-31(37)42-24-8-6-7-9-24/h3-5,10-18,24,29H,6-9,19H2,1-2H3,(H,33,37). The summed E-state index contributed by atoms with van der Waals surface area (Å²) in [5.41, 5.74) is 1.90. The Morgan fingerprint density at radius 3 is 2.44 bits per heavy atom. The molecular weight excluding hydrogens is 574 g/mol. The highest BCUT2D eigenvalue weighted by atomic mass is 32.2. The van der Waals surface area contributed by atoms with Crippen molar-refractivity contribution in [1.82, 2.24) is 9.78 Å². The van der Waals surface area contributed by atoms with Gasteiger partial charge < -0.3 is 14.2 Å². The summed E-state index contributed by atoms with van der Waals surface area (Å²) in [6.07, 6.45) is 4.99. The van der Waals surface area contributed by atoms with Gasteiger partial charge >= 0.3 is 12.1 Å². The van der Waals surface area contributed by atoms with E-state index in [2.05, 4.69) is 10.4 Å². The zero-order chi connectivity index (χ0) is 30.6. The molecule has 0 saturated heterocycles. The summed E-state index contributed by atoms with van der Waals surface area (Å²) < 4.78 is 44.0. The molecule has 1 aliphatic carbocycles. The molecule has 3 aromatic carbocycles. The van der Waals surface area contributed by atoms with Crippen LogP contribution in [0.3, 0.4) is 0 Å². The van der Waals surface area contributed by atoms with E-state index < -0.39 is 32.9 Å². The highest BCUT2D eigenvalue weighted by Gasteiger charge is 2.42. The molecule has 0 aliphatic heterocycles. The van der Waals surface area contributed by atoms with Gasteiger partial charge in [-0.3, -0.25) is 19.6 Å². The highest BCUT2D eigenvalue weighted by molar-refractivity contribution is 7.93. The first-order valence-electron chi connectivity index (χ1n) is 13.7. The molecule has 1 aliphatic rings. The summed E-state index contributed by atoms with van der Waals surface area (Å²) in [6.45, 7) is 0.236. The van der Waals surface area contributed by atoms with Gasteiger partial charge in [0.25, 0.3) is 0 Å². The maximum atomic E-state index is 13.5. The molecule has 43 heavy (non-hydrogen) atoms. The van der Waals surface area contributed by atoms with Crippen molar-refractivity contribution in [3.05, 3.63) is 84.1 Å². The smallest absolute Gasteiger partial charge is 0.411 e. The van der Waals surface area contributed by atoms with Crippen LogP contribution in [0.1, 0.15) is 41.6 Å². The molecule has 1 aromatic heterocycles. The summed E-state index contributed by atoms with van der Waals surface area (Å²) in [5.74, 6) is -1.83. The molecule has 5 rings (SSSR count). The third kappa shape index (κ3) is 6.38. The van der Waals surface area contributed by atoms with Crippen LogP contribution >= 0.6 is 0 Å². The summed E-state index contributed by atoms with van der Waals surface area (Å²) in [4.78, 5) is 38.3. The average Bonchev–Trinajstić information content (AvgIpc) is 3.67. The van der Waals surface area contributed by atoms with E-state index in [1.54, 1.807) is 35.1 Å². The predicted octanol–water partition coefficient (Wildman–Crippen LogP) is 4.78. The lowest BCUT2D eigenvalue weighted by molar-refractivity contribution is -0.139. The van der Waals surface area contributed by atoms with Crippen molar-refractivity contribution in [1.29, 1.82) is 0 Å². The fourth-order valence-corrected chi connectivity index (χ4v) is 6.72. The average molecular weight is 606 g/mol. The van der Waals surface area contributed by atoms with E-state index in [9.17, 15) is 22.8 Å². The molecule has 1 fully saturated rings. The number of ketones is 1. The number of hydrogen-bond acceptors (Lipinski definition) is 9. The van der Waals surface area contributed by atoms with Gasteiger partial charge in [-0.05, 0) is 62.1 Å². The van der Waals surface area contributed by atoms with Crippen LogP contribution in [0.2, 0.25) is 0 Å². The molecule has 0 spiro atoms. The summed E-state index contributed by atoms with van der Waals surface area (Å²) in [5, 5.41) is 6.00. The Balaban J connectivity index is 1.39. The summed E-state index contributed by atoms with van der Waals surface area (Å²) >= 11 is 0. The monoisotopic (exact) mass is 605 g/mol. The fraction of sp³-hybridized carbons (Fsp3) is 0.290. The number of ether oxygens (including phenoxy) is 3. The fourth-order valence-electron chi connectivity index (χ4n) is 5.15. The van der Waals surface area contributed by atoms with Crippen molar-refractivity contribution in [2.75, 3.05) is 19.5 Å². The Morgan fingerprint density at radius 1 is 1.00 bits per heavy atom. The van der Waals surface area contributed by atoms with Gasteiger partial charge in [0.15, 0.2) is 15.6 Å². The van der Waals surface area contributed by atoms with E-state index in [4.69, 9.17) is 14.2 Å². The minimum Gasteiger partial charge on any atom is -0.496 e. The maximum Gasteiger partial charge on any atom is 0.411 e. The Labute approximate surface area is 248 Å². The van der Waals surface area contributed by atoms with Crippen LogP contribution in [0, 0.1) is 0 Å². The van der Waals surface area contributed by atoms with Crippen molar-refractivity contribution >= 4 is 44.3 Å². The van der Waals surface area contributed by atoms with Gasteiger partial charge in [-0.1, -0.05) is 30.3 Å². The van der Waals surface area contributed by atoms with Crippen molar-refractivity contribution in [2.24, 2.45) is 0 Å². The number of anilines is 1. The Morgan fingerprint density at radius 2 is 1.74 bits per heavy atom. The van der Waals surface area contributed by atoms with E-state index in [-0.39, 0.29) is 23.1 Å². The number of carbonyl (C=O) groups excluding carboxylic acids is 3. The Bertz CT molecular complexity index is 1760. The molecule has 1 heterocycles. The van der Waals surface area contributed by atoms with Crippen LogP contribution in [-0.2, 0) is 30.7 Å². The first kappa shape index (κ1) is 29.8. The SMILES string of the molecule is COC(=O)C(C(=O)c1ccc(Cn2ncc3ccc(NC(=O)OC4CCCC4)cc32)c(OC)c1)S(=O)(=O)c1ccccc1. The normalized spacial score (nSPS) is 14.3. The van der Waals surface area contributed by atoms with E-state index in [0.29, 0.717) is 17.0 Å². The highest BCUT2D eigenvalue weighted by Crippen LogP contribution is 2.28. The van der Waals surface area contributed by atoms with Gasteiger partial charge in [0.1, 0.15) is 11.9 Å². The number of hydrogen-bond donors (Lipinski definition) is 1. The van der Waals surface area contributed by atoms with Gasteiger partial charge in [0.2, 0.25) is 5.25 Å². The van der Waals surface area contributed by atoms with Gasteiger partial charge in [0, 0.05) is 22.2 Å². The number of amides is 1. The molecule has 1 saturated carbocycles. The second-order valence-electron chi connectivity index (χ2n) is 10.2. The van der Waals surface area contributed by atoms with Crippen LogP contribution in [0.5, 0.6) is 5.75 Å². The van der Waals surface area contributed by atoms with Gasteiger partial charge in [-0.2, -0.15) is 5.10 Å². The second kappa shape index (κ2) is 12.7. The summed E-state index contributed by atoms with van der Waals surface area (Å²) in [6, 6.07) is 17.1. The molecule has 1 N–H and O–H groups in total. The lowest BCUT2D eigenvalue weighted by Gasteiger charge is -2.16. The number of rotatable bonds is 10. The number of fused-ring (bicyclic) bond motifs is 1. The number of nitrogens with zero attached hydrogens (tertiary/aromatic N) is 2. The van der Waals surface area contributed by atoms with Crippen molar-refractivity contribution in [3.63, 3.8) is 0 Å². The van der Waals surface area contributed by atoms with Crippen molar-refractivity contribution in [2.45, 2.75) is 48.5 Å². The van der Waals surface area contributed by atoms with Crippen LogP contribution in [0.4, 0.5) is 10.5 Å². The Hall–Kier alpha value is -4.71. The van der Waals surface area contributed by atoms with Crippen LogP contribution in [-0.4, -0.2) is 61.6 Å². The minimum absolute atomic E-state index is 0.0342. The number of nitrogens with one attached hydrogen (secondary N) is 1. The van der Waals surface area contributed by atoms with Crippen LogP contribution in [0.15, 0.2) is 77.8 Å². The zero-order valence-electron chi connectivity index (χ0n) is 23.7. The first-order valence-corrected chi connectivity index (χ1v) is 15.3. The second-order valence-corrected chi connectivity index (χ2v) is 12.2. The molecule has 1 unspecified atom stereocenters. The lowest BCUT2D eigenvalue weighted by atomic mass is 10.0. The van der Waals surface area contributed by atoms with Gasteiger partial charge in [-0.15, -0.1) is 0 Å². The van der Waals surface area contributed by atoms with Crippen LogP contribution in [0.25, 0.3) is 10.9 Å². The molecule has 4 aromatic rings. The third-order valence-electron chi connectivity index (χ3n) is 7.39. The molecule has 224 valence electrons. The van der Waals surface area contributed by atoms with E-state index in [1.165, 1.54) is 43.5 Å². The number of aromatic nitrogens is 2. The number of methoxy groups -OCH3 is 2. The zero-order valence-corrected chi connectivity index (χ0v) is 24.5. The summed E-state index contributed by atoms with van der Waals surface area (Å²) in [7, 11) is -1.94. The number of sulfone groups is 1. The quantitative estimate of drug-likeness (QED) is 0.153. The first-order chi connectivity index (χ1) is 20.7. The molecule has 1 amide bonds. The molecular formula is C31H31N3O8S. The van der Waals surface area contributed by atoms with Gasteiger partial charge in [-0.25, -0.2) is 13.2 Å². The molecule has 11 nitrogen and oxygen atoms in total. The minimum atomic E-state index is -4.39. The Kier molecular flexibility index (Phi) is 8.76. The molecule has 0 radical (unpaired) electrons. The molecule has 0 bridgehead atoms. The van der Waals surface area contributed by atoms with Crippen LogP contribution < -0.4 is 10.1 Å². The van der Waals surface area contributed by atoms with E-state index in [1.807, 2.05) is 6.07 Å². The predicted molar refractivity (Wildman–Crippen MR) is 158 cm³/mol. The van der Waals surface area contributed by atoms with E-state index in [0.717, 1.165) is 43.7 Å². The topological polar surface area (TPSA) is 143 Å². The van der Waals surface area contributed by atoms with E-state index >= 15 is 0 Å². The van der Waals surface area contributed by atoms with Crippen molar-refractivity contribution in [3.8, 4) is 5.75 Å². The van der Waals surface area contributed by atoms with Crippen molar-refractivity contribution < 1.29 is 37.0 Å². The number of benzene rings is 3. The largest absolute Gasteiger partial charge is 0.496 e. The maximum absolute atomic E-state index is 13.5. The number of esters is 1. The van der Waals surface area contributed by atoms with Gasteiger partial charge in [0.05, 0.1) is 37.4 Å². The third-order valence-corrected chi connectivity index (χ3v) is 9.35.